The number of hydrogen-bond donors (Lipinski definition) is 3. The number of aryl methyl sites for hydroxylation is 1. The van der Waals surface area contributed by atoms with Gasteiger partial charge < -0.3 is 5.32 Å². The lowest BCUT2D eigenvalue weighted by Gasteiger charge is -2.16. The van der Waals surface area contributed by atoms with Crippen molar-refractivity contribution in [1.29, 1.82) is 0 Å². The van der Waals surface area contributed by atoms with Crippen LogP contribution < -0.4 is 16.6 Å². The standard InChI is InChI=1S/C13H20N4O2S/c1-8-9(5-11(20-8)13(19)16-14)6-17(2)7-12(18)15-10-3-4-10/h5,10H,3-4,6-7,14H2,1-2H3,(H,15,18)(H,16,19). The number of thiophene rings is 1. The summed E-state index contributed by atoms with van der Waals surface area (Å²) in [6.07, 6.45) is 2.19. The highest BCUT2D eigenvalue weighted by atomic mass is 32.1. The molecule has 0 aromatic carbocycles. The van der Waals surface area contributed by atoms with Crippen LogP contribution in [0.1, 0.15) is 33.0 Å². The normalized spacial score (nSPS) is 14.4. The highest BCUT2D eigenvalue weighted by molar-refractivity contribution is 7.14. The van der Waals surface area contributed by atoms with Gasteiger partial charge in [-0.2, -0.15) is 0 Å². The van der Waals surface area contributed by atoms with Gasteiger partial charge in [0, 0.05) is 17.5 Å². The van der Waals surface area contributed by atoms with E-state index in [1.165, 1.54) is 11.3 Å². The van der Waals surface area contributed by atoms with Gasteiger partial charge in [0.25, 0.3) is 5.91 Å². The van der Waals surface area contributed by atoms with Crippen LogP contribution in [-0.4, -0.2) is 36.3 Å². The second-order valence-electron chi connectivity index (χ2n) is 5.18. The SMILES string of the molecule is Cc1sc(C(=O)NN)cc1CN(C)CC(=O)NC1CC1. The van der Waals surface area contributed by atoms with E-state index >= 15 is 0 Å². The van der Waals surface area contributed by atoms with Crippen molar-refractivity contribution in [2.45, 2.75) is 32.4 Å². The van der Waals surface area contributed by atoms with Gasteiger partial charge in [0.15, 0.2) is 0 Å². The van der Waals surface area contributed by atoms with Crippen LogP contribution in [0.4, 0.5) is 0 Å². The molecular formula is C13H20N4O2S. The largest absolute Gasteiger partial charge is 0.352 e. The number of nitrogens with two attached hydrogens (primary N) is 1. The summed E-state index contributed by atoms with van der Waals surface area (Å²) in [4.78, 5) is 26.8. The number of likely N-dealkylation sites (N-methyl/N-ethyl adjacent to an activating group) is 1. The number of nitrogen functional groups attached to an aromatic ring is 1. The van der Waals surface area contributed by atoms with Crippen LogP contribution in [0.25, 0.3) is 0 Å². The molecule has 1 aliphatic carbocycles. The Kier molecular flexibility index (Phi) is 4.74. The summed E-state index contributed by atoms with van der Waals surface area (Å²) in [7, 11) is 1.90. The number of nitrogens with zero attached hydrogens (tertiary/aromatic N) is 1. The van der Waals surface area contributed by atoms with E-state index in [1.807, 2.05) is 24.9 Å². The van der Waals surface area contributed by atoms with E-state index in [4.69, 9.17) is 5.84 Å². The molecule has 0 radical (unpaired) electrons. The number of hydrazine groups is 1. The molecule has 1 heterocycles. The van der Waals surface area contributed by atoms with E-state index in [2.05, 4.69) is 10.7 Å². The number of carbonyl (C=O) groups excluding carboxylic acids is 2. The molecule has 1 aromatic heterocycles. The molecule has 0 saturated heterocycles. The monoisotopic (exact) mass is 296 g/mol. The number of amides is 2. The Balaban J connectivity index is 1.89. The number of nitrogens with one attached hydrogen (secondary N) is 2. The quantitative estimate of drug-likeness (QED) is 0.402. The van der Waals surface area contributed by atoms with Crippen molar-refractivity contribution < 1.29 is 9.59 Å². The van der Waals surface area contributed by atoms with E-state index < -0.39 is 0 Å². The maximum atomic E-state index is 11.7. The Labute approximate surface area is 122 Å². The summed E-state index contributed by atoms with van der Waals surface area (Å²) in [5, 5.41) is 2.96. The minimum absolute atomic E-state index is 0.0582. The fourth-order valence-electron chi connectivity index (χ4n) is 1.95. The fourth-order valence-corrected chi connectivity index (χ4v) is 2.89. The topological polar surface area (TPSA) is 87.5 Å². The Bertz CT molecular complexity index is 510. The molecule has 7 heteroatoms. The Morgan fingerprint density at radius 3 is 2.80 bits per heavy atom. The van der Waals surface area contributed by atoms with Gasteiger partial charge in [-0.25, -0.2) is 5.84 Å². The van der Waals surface area contributed by atoms with Crippen molar-refractivity contribution in [2.24, 2.45) is 5.84 Å². The van der Waals surface area contributed by atoms with Crippen molar-refractivity contribution in [3.63, 3.8) is 0 Å². The van der Waals surface area contributed by atoms with Gasteiger partial charge >= 0.3 is 0 Å². The van der Waals surface area contributed by atoms with Crippen LogP contribution in [-0.2, 0) is 11.3 Å². The molecular weight excluding hydrogens is 276 g/mol. The second-order valence-corrected chi connectivity index (χ2v) is 6.44. The maximum Gasteiger partial charge on any atom is 0.275 e. The van der Waals surface area contributed by atoms with Crippen LogP contribution in [0, 0.1) is 6.92 Å². The molecule has 0 spiro atoms. The zero-order chi connectivity index (χ0) is 14.7. The molecule has 1 fully saturated rings. The summed E-state index contributed by atoms with van der Waals surface area (Å²) >= 11 is 1.41. The molecule has 6 nitrogen and oxygen atoms in total. The molecule has 1 saturated carbocycles. The molecule has 0 aliphatic heterocycles. The molecule has 2 amide bonds. The second kappa shape index (κ2) is 6.34. The van der Waals surface area contributed by atoms with Gasteiger partial charge in [-0.15, -0.1) is 11.3 Å². The lowest BCUT2D eigenvalue weighted by atomic mass is 10.2. The Hall–Kier alpha value is -1.44. The molecule has 4 N–H and O–H groups in total. The van der Waals surface area contributed by atoms with Crippen LogP contribution in [0.2, 0.25) is 0 Å². The third-order valence-electron chi connectivity index (χ3n) is 3.17. The first-order valence-electron chi connectivity index (χ1n) is 6.57. The Morgan fingerprint density at radius 2 is 2.20 bits per heavy atom. The zero-order valence-electron chi connectivity index (χ0n) is 11.7. The molecule has 20 heavy (non-hydrogen) atoms. The van der Waals surface area contributed by atoms with Crippen molar-refractivity contribution >= 4 is 23.2 Å². The van der Waals surface area contributed by atoms with E-state index in [-0.39, 0.29) is 11.8 Å². The minimum Gasteiger partial charge on any atom is -0.352 e. The van der Waals surface area contributed by atoms with Crippen molar-refractivity contribution in [3.05, 3.63) is 21.4 Å². The highest BCUT2D eigenvalue weighted by Crippen LogP contribution is 2.22. The molecule has 1 aromatic rings. The predicted octanol–water partition coefficient (Wildman–Crippen LogP) is 0.370. The van der Waals surface area contributed by atoms with Crippen LogP contribution in [0.15, 0.2) is 6.07 Å². The molecule has 0 bridgehead atoms. The fraction of sp³-hybridized carbons (Fsp3) is 0.538. The number of rotatable bonds is 6. The van der Waals surface area contributed by atoms with E-state index in [0.29, 0.717) is 24.0 Å². The van der Waals surface area contributed by atoms with E-state index in [9.17, 15) is 9.59 Å². The van der Waals surface area contributed by atoms with Crippen LogP contribution in [0.5, 0.6) is 0 Å². The third kappa shape index (κ3) is 4.03. The van der Waals surface area contributed by atoms with Gasteiger partial charge in [-0.3, -0.25) is 19.9 Å². The smallest absolute Gasteiger partial charge is 0.275 e. The lowest BCUT2D eigenvalue weighted by Crippen LogP contribution is -2.36. The van der Waals surface area contributed by atoms with Crippen LogP contribution in [0.3, 0.4) is 0 Å². The molecule has 0 atom stereocenters. The number of carbonyl (C=O) groups is 2. The maximum absolute atomic E-state index is 11.7. The first-order valence-corrected chi connectivity index (χ1v) is 7.39. The van der Waals surface area contributed by atoms with E-state index in [1.54, 1.807) is 0 Å². The highest BCUT2D eigenvalue weighted by Gasteiger charge is 2.23. The average molecular weight is 296 g/mol. The van der Waals surface area contributed by atoms with E-state index in [0.717, 1.165) is 23.3 Å². The summed E-state index contributed by atoms with van der Waals surface area (Å²) in [5.74, 6) is 4.91. The average Bonchev–Trinajstić information content (AvgIpc) is 3.12. The summed E-state index contributed by atoms with van der Waals surface area (Å²) in [6.45, 7) is 2.97. The lowest BCUT2D eigenvalue weighted by molar-refractivity contribution is -0.122. The van der Waals surface area contributed by atoms with Gasteiger partial charge in [0.1, 0.15) is 0 Å². The van der Waals surface area contributed by atoms with Crippen LogP contribution >= 0.6 is 11.3 Å². The Morgan fingerprint density at radius 1 is 1.50 bits per heavy atom. The number of hydrogen-bond acceptors (Lipinski definition) is 5. The predicted molar refractivity (Wildman–Crippen MR) is 78.2 cm³/mol. The van der Waals surface area contributed by atoms with Crippen molar-refractivity contribution in [3.8, 4) is 0 Å². The van der Waals surface area contributed by atoms with Crippen molar-refractivity contribution in [2.75, 3.05) is 13.6 Å². The third-order valence-corrected chi connectivity index (χ3v) is 4.26. The zero-order valence-corrected chi connectivity index (χ0v) is 12.5. The first kappa shape index (κ1) is 15.0. The van der Waals surface area contributed by atoms with Crippen molar-refractivity contribution in [1.82, 2.24) is 15.6 Å². The van der Waals surface area contributed by atoms with Gasteiger partial charge in [0.2, 0.25) is 5.91 Å². The molecule has 0 unspecified atom stereocenters. The van der Waals surface area contributed by atoms with Gasteiger partial charge in [-0.05, 0) is 38.4 Å². The summed E-state index contributed by atoms with van der Waals surface area (Å²) < 4.78 is 0. The van der Waals surface area contributed by atoms with Gasteiger partial charge in [0.05, 0.1) is 11.4 Å². The minimum atomic E-state index is -0.279. The molecule has 110 valence electrons. The molecule has 1 aliphatic rings. The first-order chi connectivity index (χ1) is 9.49. The summed E-state index contributed by atoms with van der Waals surface area (Å²) in [6, 6.07) is 2.22. The summed E-state index contributed by atoms with van der Waals surface area (Å²) in [5.41, 5.74) is 3.18. The van der Waals surface area contributed by atoms with Gasteiger partial charge in [-0.1, -0.05) is 0 Å². The molecule has 2 rings (SSSR count).